The number of carboxylic acids is 1. The molecule has 1 saturated carbocycles. The second kappa shape index (κ2) is 5.51. The first-order chi connectivity index (χ1) is 8.49. The highest BCUT2D eigenvalue weighted by molar-refractivity contribution is 8.00. The van der Waals surface area contributed by atoms with E-state index < -0.39 is 11.5 Å². The third kappa shape index (κ3) is 3.19. The molecule has 98 valence electrons. The smallest absolute Gasteiger partial charge is 0.323 e. The highest BCUT2D eigenvalue weighted by Crippen LogP contribution is 2.37. The molecule has 1 aromatic rings. The number of thioether (sulfide) groups is 1. The number of benzene rings is 1. The molecule has 0 amide bonds. The van der Waals surface area contributed by atoms with Crippen molar-refractivity contribution in [3.05, 3.63) is 29.3 Å². The van der Waals surface area contributed by atoms with Crippen molar-refractivity contribution >= 4 is 29.3 Å². The van der Waals surface area contributed by atoms with Crippen LogP contribution in [0.15, 0.2) is 29.2 Å². The number of hydrogen-bond donors (Lipinski definition) is 2. The Morgan fingerprint density at radius 2 is 2.11 bits per heavy atom. The van der Waals surface area contributed by atoms with E-state index in [1.807, 2.05) is 24.3 Å². The number of aliphatic carboxylic acids is 1. The minimum absolute atomic E-state index is 0.265. The standard InChI is InChI=1S/C13H16ClNO2S/c14-9-3-5-10(6-4-9)18-11-2-1-7-13(15,8-11)12(16)17/h3-6,11H,1-2,7-8,15H2,(H,16,17). The van der Waals surface area contributed by atoms with E-state index in [2.05, 4.69) is 0 Å². The van der Waals surface area contributed by atoms with Gasteiger partial charge in [-0.15, -0.1) is 11.8 Å². The molecule has 2 unspecified atom stereocenters. The molecule has 3 nitrogen and oxygen atoms in total. The lowest BCUT2D eigenvalue weighted by molar-refractivity contribution is -0.144. The van der Waals surface area contributed by atoms with Crippen LogP contribution in [0.1, 0.15) is 25.7 Å². The van der Waals surface area contributed by atoms with Crippen LogP contribution in [0, 0.1) is 0 Å². The van der Waals surface area contributed by atoms with Crippen LogP contribution in [0.5, 0.6) is 0 Å². The summed E-state index contributed by atoms with van der Waals surface area (Å²) in [6, 6.07) is 7.61. The summed E-state index contributed by atoms with van der Waals surface area (Å²) in [5.74, 6) is -0.885. The highest BCUT2D eigenvalue weighted by Gasteiger charge is 2.39. The van der Waals surface area contributed by atoms with Crippen molar-refractivity contribution in [1.29, 1.82) is 0 Å². The van der Waals surface area contributed by atoms with E-state index in [-0.39, 0.29) is 5.25 Å². The Bertz CT molecular complexity index is 437. The summed E-state index contributed by atoms with van der Waals surface area (Å²) in [5, 5.41) is 10.1. The van der Waals surface area contributed by atoms with Gasteiger partial charge in [-0.2, -0.15) is 0 Å². The normalized spacial score (nSPS) is 28.0. The van der Waals surface area contributed by atoms with Crippen molar-refractivity contribution in [3.63, 3.8) is 0 Å². The number of hydrogen-bond acceptors (Lipinski definition) is 3. The Kier molecular flexibility index (Phi) is 4.20. The molecule has 5 heteroatoms. The maximum Gasteiger partial charge on any atom is 0.323 e. The molecule has 0 radical (unpaired) electrons. The van der Waals surface area contributed by atoms with Crippen molar-refractivity contribution in [1.82, 2.24) is 0 Å². The van der Waals surface area contributed by atoms with Gasteiger partial charge >= 0.3 is 5.97 Å². The fourth-order valence-electron chi connectivity index (χ4n) is 2.26. The van der Waals surface area contributed by atoms with Crippen molar-refractivity contribution in [2.45, 2.75) is 41.4 Å². The minimum atomic E-state index is -1.05. The number of carbonyl (C=O) groups is 1. The Hall–Kier alpha value is -0.710. The average Bonchev–Trinajstić information content (AvgIpc) is 2.32. The lowest BCUT2D eigenvalue weighted by Crippen LogP contribution is -2.51. The van der Waals surface area contributed by atoms with Gasteiger partial charge in [0.25, 0.3) is 0 Å². The molecule has 18 heavy (non-hydrogen) atoms. The van der Waals surface area contributed by atoms with Crippen LogP contribution >= 0.6 is 23.4 Å². The van der Waals surface area contributed by atoms with E-state index in [0.717, 1.165) is 17.7 Å². The maximum atomic E-state index is 11.2. The second-order valence-corrected chi connectivity index (χ2v) is 6.56. The zero-order valence-corrected chi connectivity index (χ0v) is 11.5. The SMILES string of the molecule is NC1(C(=O)O)CCCC(Sc2ccc(Cl)cc2)C1. The van der Waals surface area contributed by atoms with E-state index in [9.17, 15) is 4.79 Å². The Morgan fingerprint density at radius 1 is 1.44 bits per heavy atom. The van der Waals surface area contributed by atoms with Gasteiger partial charge in [-0.25, -0.2) is 0 Å². The average molecular weight is 286 g/mol. The monoisotopic (exact) mass is 285 g/mol. The summed E-state index contributed by atoms with van der Waals surface area (Å²) < 4.78 is 0. The molecule has 1 aliphatic carbocycles. The zero-order chi connectivity index (χ0) is 13.2. The molecule has 2 atom stereocenters. The third-order valence-corrected chi connectivity index (χ3v) is 4.82. The lowest BCUT2D eigenvalue weighted by Gasteiger charge is -2.34. The Balaban J connectivity index is 2.02. The zero-order valence-electron chi connectivity index (χ0n) is 9.93. The van der Waals surface area contributed by atoms with Gasteiger partial charge < -0.3 is 10.8 Å². The molecular weight excluding hydrogens is 270 g/mol. The number of rotatable bonds is 3. The lowest BCUT2D eigenvalue weighted by atomic mass is 9.82. The molecule has 0 bridgehead atoms. The number of carboxylic acid groups (broad SMARTS) is 1. The summed E-state index contributed by atoms with van der Waals surface area (Å²) in [6.45, 7) is 0. The van der Waals surface area contributed by atoms with E-state index in [0.29, 0.717) is 17.9 Å². The van der Waals surface area contributed by atoms with Crippen molar-refractivity contribution < 1.29 is 9.90 Å². The molecule has 1 aliphatic rings. The van der Waals surface area contributed by atoms with Crippen LogP contribution in [0.3, 0.4) is 0 Å². The Morgan fingerprint density at radius 3 is 2.72 bits per heavy atom. The van der Waals surface area contributed by atoms with Gasteiger partial charge in [-0.05, 0) is 49.9 Å². The summed E-state index contributed by atoms with van der Waals surface area (Å²) in [4.78, 5) is 12.3. The summed E-state index contributed by atoms with van der Waals surface area (Å²) in [7, 11) is 0. The fraction of sp³-hybridized carbons (Fsp3) is 0.462. The first-order valence-electron chi connectivity index (χ1n) is 5.94. The predicted molar refractivity (Wildman–Crippen MR) is 74.1 cm³/mol. The van der Waals surface area contributed by atoms with Gasteiger partial charge in [-0.1, -0.05) is 11.6 Å². The molecule has 2 rings (SSSR count). The molecule has 1 fully saturated rings. The fourth-order valence-corrected chi connectivity index (χ4v) is 3.73. The van der Waals surface area contributed by atoms with E-state index >= 15 is 0 Å². The van der Waals surface area contributed by atoms with Gasteiger partial charge in [0.05, 0.1) is 0 Å². The van der Waals surface area contributed by atoms with Gasteiger partial charge in [-0.3, -0.25) is 4.79 Å². The summed E-state index contributed by atoms with van der Waals surface area (Å²) in [6.07, 6.45) is 2.98. The van der Waals surface area contributed by atoms with Gasteiger partial charge in [0, 0.05) is 15.2 Å². The van der Waals surface area contributed by atoms with Crippen molar-refractivity contribution in [2.24, 2.45) is 5.73 Å². The maximum absolute atomic E-state index is 11.2. The van der Waals surface area contributed by atoms with Crippen LogP contribution in [0.4, 0.5) is 0 Å². The number of nitrogens with two attached hydrogens (primary N) is 1. The van der Waals surface area contributed by atoms with Crippen LogP contribution in [-0.2, 0) is 4.79 Å². The molecule has 3 N–H and O–H groups in total. The molecule has 0 aliphatic heterocycles. The first kappa shape index (κ1) is 13.7. The van der Waals surface area contributed by atoms with Gasteiger partial charge in [0.1, 0.15) is 5.54 Å². The molecule has 0 spiro atoms. The first-order valence-corrected chi connectivity index (χ1v) is 7.20. The Labute approximate surface area is 116 Å². The molecule has 0 saturated heterocycles. The van der Waals surface area contributed by atoms with E-state index in [1.165, 1.54) is 0 Å². The van der Waals surface area contributed by atoms with Crippen LogP contribution in [0.25, 0.3) is 0 Å². The molecule has 1 aromatic carbocycles. The summed E-state index contributed by atoms with van der Waals surface area (Å²) in [5.41, 5.74) is 4.88. The number of halogens is 1. The second-order valence-electron chi connectivity index (χ2n) is 4.75. The molecular formula is C13H16ClNO2S. The van der Waals surface area contributed by atoms with Crippen LogP contribution in [0.2, 0.25) is 5.02 Å². The third-order valence-electron chi connectivity index (χ3n) is 3.28. The van der Waals surface area contributed by atoms with E-state index in [4.69, 9.17) is 22.4 Å². The van der Waals surface area contributed by atoms with Gasteiger partial charge in [0.15, 0.2) is 0 Å². The quantitative estimate of drug-likeness (QED) is 0.895. The summed E-state index contributed by atoms with van der Waals surface area (Å²) >= 11 is 7.53. The predicted octanol–water partition coefficient (Wildman–Crippen LogP) is 3.16. The largest absolute Gasteiger partial charge is 0.480 e. The topological polar surface area (TPSA) is 63.3 Å². The van der Waals surface area contributed by atoms with Crippen LogP contribution < -0.4 is 5.73 Å². The van der Waals surface area contributed by atoms with Crippen molar-refractivity contribution in [2.75, 3.05) is 0 Å². The molecule has 0 heterocycles. The van der Waals surface area contributed by atoms with E-state index in [1.54, 1.807) is 11.8 Å². The van der Waals surface area contributed by atoms with Crippen molar-refractivity contribution in [3.8, 4) is 0 Å². The van der Waals surface area contributed by atoms with Crippen LogP contribution in [-0.4, -0.2) is 21.9 Å². The highest BCUT2D eigenvalue weighted by atomic mass is 35.5. The molecule has 0 aromatic heterocycles. The van der Waals surface area contributed by atoms with Gasteiger partial charge in [0.2, 0.25) is 0 Å². The minimum Gasteiger partial charge on any atom is -0.480 e.